The molecule has 0 saturated heterocycles. The van der Waals surface area contributed by atoms with Gasteiger partial charge in [0, 0.05) is 33.8 Å². The number of hydrogen-bond donors (Lipinski definition) is 0. The molecule has 1 amide bonds. The molecule has 3 aromatic rings. The summed E-state index contributed by atoms with van der Waals surface area (Å²) >= 11 is 0. The van der Waals surface area contributed by atoms with Gasteiger partial charge >= 0.3 is 5.97 Å². The van der Waals surface area contributed by atoms with Gasteiger partial charge in [0.05, 0.1) is 28.4 Å². The number of ether oxygens (including phenoxy) is 1. The number of rotatable bonds is 7. The Balaban J connectivity index is 1.54. The Morgan fingerprint density at radius 1 is 1.14 bits per heavy atom. The zero-order valence-electron chi connectivity index (χ0n) is 20.1. The van der Waals surface area contributed by atoms with Gasteiger partial charge in [-0.05, 0) is 42.3 Å². The standard InChI is InChI=1S/C25H28N4O5S/c1-5-28-22-11-10-19(35(32,33)27(3)4)14-21(22)26-24(28)16-34-25(31)15-23-20-9-7-6-8-18(20)12-13-29(23)17(2)30/h6-14,23H,5,15-16H2,1-4H3. The van der Waals surface area contributed by atoms with Crippen LogP contribution in [-0.2, 0) is 37.5 Å². The maximum atomic E-state index is 12.8. The lowest BCUT2D eigenvalue weighted by Crippen LogP contribution is -2.32. The van der Waals surface area contributed by atoms with E-state index in [1.165, 1.54) is 32.0 Å². The number of amides is 1. The maximum Gasteiger partial charge on any atom is 0.308 e. The molecular formula is C25H28N4O5S. The summed E-state index contributed by atoms with van der Waals surface area (Å²) in [5, 5.41) is 0. The van der Waals surface area contributed by atoms with Crippen LogP contribution in [0.25, 0.3) is 17.1 Å². The molecule has 2 aromatic carbocycles. The second-order valence-electron chi connectivity index (χ2n) is 8.46. The highest BCUT2D eigenvalue weighted by molar-refractivity contribution is 7.89. The molecule has 10 heteroatoms. The first kappa shape index (κ1) is 24.6. The molecule has 1 atom stereocenters. The van der Waals surface area contributed by atoms with Gasteiger partial charge in [-0.1, -0.05) is 24.3 Å². The number of sulfonamides is 1. The largest absolute Gasteiger partial charge is 0.457 e. The van der Waals surface area contributed by atoms with Crippen LogP contribution in [0.2, 0.25) is 0 Å². The van der Waals surface area contributed by atoms with Crippen LogP contribution in [0.5, 0.6) is 0 Å². The average Bonchev–Trinajstić information content (AvgIpc) is 3.19. The lowest BCUT2D eigenvalue weighted by molar-refractivity contribution is -0.147. The Labute approximate surface area is 204 Å². The normalized spacial score (nSPS) is 15.5. The summed E-state index contributed by atoms with van der Waals surface area (Å²) in [5.41, 5.74) is 3.11. The molecule has 35 heavy (non-hydrogen) atoms. The number of aryl methyl sites for hydroxylation is 1. The zero-order valence-corrected chi connectivity index (χ0v) is 20.9. The van der Waals surface area contributed by atoms with Gasteiger partial charge in [0.1, 0.15) is 12.4 Å². The van der Waals surface area contributed by atoms with Gasteiger partial charge in [0.2, 0.25) is 15.9 Å². The first-order valence-electron chi connectivity index (χ1n) is 11.3. The summed E-state index contributed by atoms with van der Waals surface area (Å²) < 4.78 is 33.6. The molecule has 1 aliphatic rings. The Hall–Kier alpha value is -3.50. The van der Waals surface area contributed by atoms with E-state index in [0.29, 0.717) is 17.9 Å². The summed E-state index contributed by atoms with van der Waals surface area (Å²) in [6.07, 6.45) is 3.55. The van der Waals surface area contributed by atoms with E-state index in [1.807, 2.05) is 41.8 Å². The summed E-state index contributed by atoms with van der Waals surface area (Å²) in [7, 11) is -0.647. The highest BCUT2D eigenvalue weighted by atomic mass is 32.2. The lowest BCUT2D eigenvalue weighted by Gasteiger charge is -2.32. The molecule has 0 aliphatic carbocycles. The number of carbonyl (C=O) groups is 2. The smallest absolute Gasteiger partial charge is 0.308 e. The van der Waals surface area contributed by atoms with Crippen LogP contribution in [0, 0.1) is 0 Å². The molecule has 1 aliphatic heterocycles. The van der Waals surface area contributed by atoms with Gasteiger partial charge in [0.25, 0.3) is 0 Å². The summed E-state index contributed by atoms with van der Waals surface area (Å²) in [6.45, 7) is 3.90. The van der Waals surface area contributed by atoms with Crippen molar-refractivity contribution in [1.82, 2.24) is 18.8 Å². The van der Waals surface area contributed by atoms with Crippen LogP contribution in [0.3, 0.4) is 0 Å². The number of imidazole rings is 1. The highest BCUT2D eigenvalue weighted by Crippen LogP contribution is 2.33. The Bertz CT molecular complexity index is 1420. The number of nitrogens with zero attached hydrogens (tertiary/aromatic N) is 4. The fourth-order valence-corrected chi connectivity index (χ4v) is 5.19. The maximum absolute atomic E-state index is 12.8. The van der Waals surface area contributed by atoms with Crippen molar-refractivity contribution in [3.05, 3.63) is 65.6 Å². The summed E-state index contributed by atoms with van der Waals surface area (Å²) in [5.74, 6) is -0.107. The van der Waals surface area contributed by atoms with Crippen molar-refractivity contribution < 1.29 is 22.7 Å². The van der Waals surface area contributed by atoms with E-state index in [-0.39, 0.29) is 23.8 Å². The van der Waals surface area contributed by atoms with Crippen molar-refractivity contribution in [2.24, 2.45) is 0 Å². The van der Waals surface area contributed by atoms with Gasteiger partial charge in [-0.3, -0.25) is 9.59 Å². The lowest BCUT2D eigenvalue weighted by atomic mass is 9.94. The second kappa shape index (κ2) is 9.63. The van der Waals surface area contributed by atoms with Crippen LogP contribution in [0.1, 0.15) is 43.3 Å². The molecule has 1 aromatic heterocycles. The third-order valence-corrected chi connectivity index (χ3v) is 7.90. The molecule has 0 N–H and O–H groups in total. The van der Waals surface area contributed by atoms with Gasteiger partial charge in [-0.25, -0.2) is 17.7 Å². The number of aromatic nitrogens is 2. The first-order valence-corrected chi connectivity index (χ1v) is 12.7. The van der Waals surface area contributed by atoms with Crippen molar-refractivity contribution in [1.29, 1.82) is 0 Å². The SMILES string of the molecule is CCn1c(COC(=O)CC2c3ccccc3C=CN2C(C)=O)nc2cc(S(=O)(=O)N(C)C)ccc21. The molecule has 0 saturated carbocycles. The molecule has 9 nitrogen and oxygen atoms in total. The van der Waals surface area contributed by atoms with E-state index in [1.54, 1.807) is 18.3 Å². The third kappa shape index (κ3) is 4.71. The van der Waals surface area contributed by atoms with Gasteiger partial charge in [-0.15, -0.1) is 0 Å². The van der Waals surface area contributed by atoms with Gasteiger partial charge in [-0.2, -0.15) is 0 Å². The minimum Gasteiger partial charge on any atom is -0.457 e. The van der Waals surface area contributed by atoms with E-state index in [9.17, 15) is 18.0 Å². The Morgan fingerprint density at radius 3 is 2.57 bits per heavy atom. The van der Waals surface area contributed by atoms with Gasteiger partial charge < -0.3 is 14.2 Å². The van der Waals surface area contributed by atoms with E-state index in [2.05, 4.69) is 4.98 Å². The first-order chi connectivity index (χ1) is 16.6. The minimum absolute atomic E-state index is 0.00147. The van der Waals surface area contributed by atoms with Crippen LogP contribution in [-0.4, -0.2) is 53.1 Å². The monoisotopic (exact) mass is 496 g/mol. The second-order valence-corrected chi connectivity index (χ2v) is 10.6. The fraction of sp³-hybridized carbons (Fsp3) is 0.320. The molecule has 0 fully saturated rings. The minimum atomic E-state index is -3.60. The molecule has 0 spiro atoms. The highest BCUT2D eigenvalue weighted by Gasteiger charge is 2.29. The van der Waals surface area contributed by atoms with Crippen molar-refractivity contribution in [3.8, 4) is 0 Å². The number of benzene rings is 2. The molecule has 0 radical (unpaired) electrons. The van der Waals surface area contributed by atoms with Crippen molar-refractivity contribution in [2.45, 2.75) is 44.4 Å². The predicted molar refractivity (Wildman–Crippen MR) is 131 cm³/mol. The molecule has 2 heterocycles. The third-order valence-electron chi connectivity index (χ3n) is 6.08. The van der Waals surface area contributed by atoms with E-state index < -0.39 is 22.0 Å². The van der Waals surface area contributed by atoms with E-state index >= 15 is 0 Å². The number of esters is 1. The van der Waals surface area contributed by atoms with E-state index in [0.717, 1.165) is 20.9 Å². The van der Waals surface area contributed by atoms with Crippen LogP contribution in [0.4, 0.5) is 0 Å². The topological polar surface area (TPSA) is 102 Å². The Morgan fingerprint density at radius 2 is 1.89 bits per heavy atom. The van der Waals surface area contributed by atoms with Crippen LogP contribution < -0.4 is 0 Å². The fourth-order valence-electron chi connectivity index (χ4n) is 4.27. The summed E-state index contributed by atoms with van der Waals surface area (Å²) in [4.78, 5) is 31.2. The van der Waals surface area contributed by atoms with Crippen LogP contribution in [0.15, 0.2) is 53.6 Å². The average molecular weight is 497 g/mol. The summed E-state index contributed by atoms with van der Waals surface area (Å²) in [6, 6.07) is 12.0. The number of fused-ring (bicyclic) bond motifs is 2. The van der Waals surface area contributed by atoms with Crippen molar-refractivity contribution in [2.75, 3.05) is 14.1 Å². The Kier molecular flexibility index (Phi) is 6.77. The quantitative estimate of drug-likeness (QED) is 0.465. The molecule has 1 unspecified atom stereocenters. The molecule has 184 valence electrons. The van der Waals surface area contributed by atoms with Gasteiger partial charge in [0.15, 0.2) is 0 Å². The molecule has 4 rings (SSSR count). The van der Waals surface area contributed by atoms with Crippen molar-refractivity contribution >= 4 is 39.0 Å². The van der Waals surface area contributed by atoms with Crippen LogP contribution >= 0.6 is 0 Å². The number of carbonyl (C=O) groups excluding carboxylic acids is 2. The van der Waals surface area contributed by atoms with Crippen molar-refractivity contribution in [3.63, 3.8) is 0 Å². The number of hydrogen-bond acceptors (Lipinski definition) is 6. The zero-order chi connectivity index (χ0) is 25.3. The molecular weight excluding hydrogens is 468 g/mol. The predicted octanol–water partition coefficient (Wildman–Crippen LogP) is 3.31. The molecule has 0 bridgehead atoms. The van der Waals surface area contributed by atoms with E-state index in [4.69, 9.17) is 4.74 Å².